The molecule has 0 aromatic heterocycles. The van der Waals surface area contributed by atoms with Gasteiger partial charge in [0.1, 0.15) is 0 Å². The van der Waals surface area contributed by atoms with Crippen molar-refractivity contribution in [1.82, 2.24) is 5.32 Å². The zero-order valence-corrected chi connectivity index (χ0v) is 17.2. The SMILES string of the molecule is CCC(NC(=O)c1cccc(NS(=O)(=O)c2ccccc2)c1)c1ccccc1C. The number of hydrogen-bond acceptors (Lipinski definition) is 3. The highest BCUT2D eigenvalue weighted by molar-refractivity contribution is 7.92. The van der Waals surface area contributed by atoms with Crippen molar-refractivity contribution in [3.63, 3.8) is 0 Å². The summed E-state index contributed by atoms with van der Waals surface area (Å²) in [6, 6.07) is 22.4. The van der Waals surface area contributed by atoms with E-state index in [1.165, 1.54) is 12.1 Å². The summed E-state index contributed by atoms with van der Waals surface area (Å²) < 4.78 is 27.6. The van der Waals surface area contributed by atoms with Gasteiger partial charge in [0.2, 0.25) is 0 Å². The summed E-state index contributed by atoms with van der Waals surface area (Å²) in [4.78, 5) is 13.0. The molecular formula is C23H24N2O3S. The number of sulfonamides is 1. The molecule has 0 saturated heterocycles. The van der Waals surface area contributed by atoms with E-state index in [1.807, 2.05) is 38.1 Å². The maximum atomic E-state index is 12.8. The van der Waals surface area contributed by atoms with Crippen LogP contribution in [0.1, 0.15) is 40.9 Å². The molecule has 1 amide bonds. The average molecular weight is 409 g/mol. The number of anilines is 1. The second-order valence-electron chi connectivity index (χ2n) is 6.79. The summed E-state index contributed by atoms with van der Waals surface area (Å²) >= 11 is 0. The average Bonchev–Trinajstić information content (AvgIpc) is 2.73. The molecule has 1 atom stereocenters. The monoisotopic (exact) mass is 408 g/mol. The maximum absolute atomic E-state index is 12.8. The topological polar surface area (TPSA) is 75.3 Å². The van der Waals surface area contributed by atoms with Gasteiger partial charge in [0, 0.05) is 11.3 Å². The molecule has 3 aromatic carbocycles. The smallest absolute Gasteiger partial charge is 0.261 e. The van der Waals surface area contributed by atoms with Crippen molar-refractivity contribution >= 4 is 21.6 Å². The molecular weight excluding hydrogens is 384 g/mol. The molecule has 0 bridgehead atoms. The van der Waals surface area contributed by atoms with Crippen molar-refractivity contribution in [2.75, 3.05) is 4.72 Å². The molecule has 1 unspecified atom stereocenters. The highest BCUT2D eigenvalue weighted by Gasteiger charge is 2.17. The number of rotatable bonds is 7. The van der Waals surface area contributed by atoms with Crippen LogP contribution < -0.4 is 10.0 Å². The molecule has 3 aromatic rings. The van der Waals surface area contributed by atoms with Gasteiger partial charge in [-0.1, -0.05) is 55.5 Å². The molecule has 0 saturated carbocycles. The molecule has 2 N–H and O–H groups in total. The van der Waals surface area contributed by atoms with E-state index in [4.69, 9.17) is 0 Å². The molecule has 0 aliphatic rings. The first kappa shape index (κ1) is 20.6. The van der Waals surface area contributed by atoms with E-state index in [1.54, 1.807) is 42.5 Å². The van der Waals surface area contributed by atoms with Crippen LogP contribution in [0.4, 0.5) is 5.69 Å². The Morgan fingerprint density at radius 3 is 2.31 bits per heavy atom. The maximum Gasteiger partial charge on any atom is 0.261 e. The Balaban J connectivity index is 1.78. The van der Waals surface area contributed by atoms with Crippen LogP contribution in [0.2, 0.25) is 0 Å². The minimum absolute atomic E-state index is 0.117. The minimum Gasteiger partial charge on any atom is -0.345 e. The Bertz CT molecular complexity index is 1100. The lowest BCUT2D eigenvalue weighted by molar-refractivity contribution is 0.0935. The van der Waals surface area contributed by atoms with Gasteiger partial charge < -0.3 is 5.32 Å². The molecule has 0 aliphatic carbocycles. The van der Waals surface area contributed by atoms with Crippen LogP contribution in [0.5, 0.6) is 0 Å². The van der Waals surface area contributed by atoms with Gasteiger partial charge in [-0.3, -0.25) is 9.52 Å². The van der Waals surface area contributed by atoms with Crippen LogP contribution >= 0.6 is 0 Å². The second-order valence-corrected chi connectivity index (χ2v) is 8.47. The molecule has 0 aliphatic heterocycles. The fraction of sp³-hybridized carbons (Fsp3) is 0.174. The summed E-state index contributed by atoms with van der Waals surface area (Å²) in [6.07, 6.45) is 0.747. The van der Waals surface area contributed by atoms with Gasteiger partial charge in [-0.15, -0.1) is 0 Å². The third-order valence-electron chi connectivity index (χ3n) is 4.71. The number of carbonyl (C=O) groups excluding carboxylic acids is 1. The van der Waals surface area contributed by atoms with Crippen LogP contribution in [-0.2, 0) is 10.0 Å². The van der Waals surface area contributed by atoms with E-state index >= 15 is 0 Å². The Morgan fingerprint density at radius 2 is 1.62 bits per heavy atom. The summed E-state index contributed by atoms with van der Waals surface area (Å²) in [5, 5.41) is 3.05. The molecule has 0 spiro atoms. The summed E-state index contributed by atoms with van der Waals surface area (Å²) in [5.74, 6) is -0.249. The first-order valence-electron chi connectivity index (χ1n) is 9.45. The van der Waals surface area contributed by atoms with Gasteiger partial charge in [0.15, 0.2) is 0 Å². The summed E-state index contributed by atoms with van der Waals surface area (Å²) in [7, 11) is -3.71. The van der Waals surface area contributed by atoms with Crippen LogP contribution in [0.15, 0.2) is 83.8 Å². The fourth-order valence-corrected chi connectivity index (χ4v) is 4.23. The molecule has 5 nitrogen and oxygen atoms in total. The van der Waals surface area contributed by atoms with E-state index in [-0.39, 0.29) is 16.8 Å². The highest BCUT2D eigenvalue weighted by atomic mass is 32.2. The largest absolute Gasteiger partial charge is 0.345 e. The number of hydrogen-bond donors (Lipinski definition) is 2. The van der Waals surface area contributed by atoms with Gasteiger partial charge in [0.05, 0.1) is 10.9 Å². The van der Waals surface area contributed by atoms with Crippen molar-refractivity contribution in [2.24, 2.45) is 0 Å². The molecule has 150 valence electrons. The third-order valence-corrected chi connectivity index (χ3v) is 6.11. The summed E-state index contributed by atoms with van der Waals surface area (Å²) in [6.45, 7) is 4.03. The predicted octanol–water partition coefficient (Wildman–Crippen LogP) is 4.68. The van der Waals surface area contributed by atoms with Gasteiger partial charge in [0.25, 0.3) is 15.9 Å². The van der Waals surface area contributed by atoms with Crippen LogP contribution in [0.25, 0.3) is 0 Å². The lowest BCUT2D eigenvalue weighted by Gasteiger charge is -2.20. The minimum atomic E-state index is -3.71. The van der Waals surface area contributed by atoms with Gasteiger partial charge >= 0.3 is 0 Å². The Morgan fingerprint density at radius 1 is 0.931 bits per heavy atom. The second kappa shape index (κ2) is 8.92. The van der Waals surface area contributed by atoms with Crippen LogP contribution in [0, 0.1) is 6.92 Å². The van der Waals surface area contributed by atoms with Gasteiger partial charge in [-0.25, -0.2) is 8.42 Å². The lowest BCUT2D eigenvalue weighted by atomic mass is 9.99. The Labute approximate surface area is 171 Å². The number of aryl methyl sites for hydroxylation is 1. The van der Waals surface area contributed by atoms with Crippen molar-refractivity contribution in [3.8, 4) is 0 Å². The molecule has 29 heavy (non-hydrogen) atoms. The Hall–Kier alpha value is -3.12. The van der Waals surface area contributed by atoms with Crippen molar-refractivity contribution < 1.29 is 13.2 Å². The fourth-order valence-electron chi connectivity index (χ4n) is 3.16. The zero-order chi connectivity index (χ0) is 20.9. The number of amides is 1. The van der Waals surface area contributed by atoms with E-state index in [0.29, 0.717) is 11.3 Å². The van der Waals surface area contributed by atoms with Crippen LogP contribution in [0.3, 0.4) is 0 Å². The standard InChI is InChI=1S/C23H24N2O3S/c1-3-22(21-15-8-7-10-17(21)2)24-23(26)18-11-9-12-19(16-18)25-29(27,28)20-13-5-4-6-14-20/h4-16,22,25H,3H2,1-2H3,(H,24,26). The molecule has 0 fully saturated rings. The first-order chi connectivity index (χ1) is 13.9. The highest BCUT2D eigenvalue weighted by Crippen LogP contribution is 2.22. The summed E-state index contributed by atoms with van der Waals surface area (Å²) in [5.41, 5.74) is 2.92. The normalized spacial score (nSPS) is 12.2. The van der Waals surface area contributed by atoms with E-state index in [2.05, 4.69) is 10.0 Å². The van der Waals surface area contributed by atoms with Crippen molar-refractivity contribution in [2.45, 2.75) is 31.2 Å². The van der Waals surface area contributed by atoms with Gasteiger partial charge in [-0.05, 0) is 54.8 Å². The third kappa shape index (κ3) is 5.03. The molecule has 0 radical (unpaired) electrons. The molecule has 3 rings (SSSR count). The van der Waals surface area contributed by atoms with Crippen molar-refractivity contribution in [1.29, 1.82) is 0 Å². The van der Waals surface area contributed by atoms with Crippen LogP contribution in [-0.4, -0.2) is 14.3 Å². The molecule has 0 heterocycles. The quantitative estimate of drug-likeness (QED) is 0.596. The first-order valence-corrected chi connectivity index (χ1v) is 10.9. The van der Waals surface area contributed by atoms with Gasteiger partial charge in [-0.2, -0.15) is 0 Å². The molecule has 6 heteroatoms. The lowest BCUT2D eigenvalue weighted by Crippen LogP contribution is -2.28. The zero-order valence-electron chi connectivity index (χ0n) is 16.4. The van der Waals surface area contributed by atoms with E-state index in [0.717, 1.165) is 17.5 Å². The predicted molar refractivity (Wildman–Crippen MR) is 115 cm³/mol. The Kier molecular flexibility index (Phi) is 6.34. The van der Waals surface area contributed by atoms with E-state index < -0.39 is 10.0 Å². The van der Waals surface area contributed by atoms with Crippen molar-refractivity contribution in [3.05, 3.63) is 95.6 Å². The van der Waals surface area contributed by atoms with E-state index in [9.17, 15) is 13.2 Å². The number of benzene rings is 3. The number of carbonyl (C=O) groups is 1. The number of nitrogens with one attached hydrogen (secondary N) is 2.